The van der Waals surface area contributed by atoms with Gasteiger partial charge in [0, 0.05) is 18.7 Å². The maximum Gasteiger partial charge on any atom is 0.317 e. The molecule has 0 atom stereocenters. The zero-order valence-electron chi connectivity index (χ0n) is 15.1. The minimum Gasteiger partial charge on any atom is -0.493 e. The summed E-state index contributed by atoms with van der Waals surface area (Å²) in [7, 11) is 5.06. The van der Waals surface area contributed by atoms with E-state index < -0.39 is 0 Å². The molecule has 0 unspecified atom stereocenters. The van der Waals surface area contributed by atoms with Crippen molar-refractivity contribution in [1.29, 1.82) is 0 Å². The van der Waals surface area contributed by atoms with Crippen LogP contribution in [-0.2, 0) is 6.54 Å². The fourth-order valence-electron chi connectivity index (χ4n) is 3.29. The molecule has 1 fully saturated rings. The molecule has 5 heteroatoms. The summed E-state index contributed by atoms with van der Waals surface area (Å²) >= 11 is 0. The zero-order valence-corrected chi connectivity index (χ0v) is 15.1. The van der Waals surface area contributed by atoms with Crippen molar-refractivity contribution in [2.24, 2.45) is 0 Å². The Morgan fingerprint density at radius 1 is 1.12 bits per heavy atom. The lowest BCUT2D eigenvalue weighted by Crippen LogP contribution is -2.43. The average molecular weight is 334 g/mol. The lowest BCUT2D eigenvalue weighted by molar-refractivity contribution is 0.199. The molecule has 1 aliphatic rings. The van der Waals surface area contributed by atoms with Gasteiger partial charge in [-0.25, -0.2) is 4.79 Å². The predicted molar refractivity (Wildman–Crippen MR) is 95.7 cm³/mol. The van der Waals surface area contributed by atoms with Crippen LogP contribution in [0.3, 0.4) is 0 Å². The Balaban J connectivity index is 1.96. The zero-order chi connectivity index (χ0) is 17.4. The highest BCUT2D eigenvalue weighted by Gasteiger charge is 2.18. The van der Waals surface area contributed by atoms with Gasteiger partial charge in [0.1, 0.15) is 0 Å². The van der Waals surface area contributed by atoms with E-state index in [9.17, 15) is 4.79 Å². The van der Waals surface area contributed by atoms with Gasteiger partial charge in [0.15, 0.2) is 11.5 Å². The van der Waals surface area contributed by atoms with Crippen molar-refractivity contribution in [1.82, 2.24) is 10.2 Å². The highest BCUT2D eigenvalue weighted by Crippen LogP contribution is 2.31. The summed E-state index contributed by atoms with van der Waals surface area (Å²) in [4.78, 5) is 14.2. The highest BCUT2D eigenvalue weighted by atomic mass is 16.5. The van der Waals surface area contributed by atoms with Gasteiger partial charge in [-0.05, 0) is 18.9 Å². The van der Waals surface area contributed by atoms with Crippen LogP contribution in [0.4, 0.5) is 4.79 Å². The number of methoxy groups -OCH3 is 2. The molecule has 0 heterocycles. The summed E-state index contributed by atoms with van der Waals surface area (Å²) in [5.41, 5.74) is 0.937. The van der Waals surface area contributed by atoms with Crippen LogP contribution in [-0.4, -0.2) is 38.2 Å². The first kappa shape index (κ1) is 18.4. The summed E-state index contributed by atoms with van der Waals surface area (Å²) in [6, 6.07) is 6.01. The number of nitrogens with one attached hydrogen (secondary N) is 1. The molecule has 24 heavy (non-hydrogen) atoms. The molecule has 0 saturated heterocycles. The van der Waals surface area contributed by atoms with Gasteiger partial charge in [0.05, 0.1) is 20.8 Å². The topological polar surface area (TPSA) is 50.8 Å². The quantitative estimate of drug-likeness (QED) is 0.887. The Morgan fingerprint density at radius 2 is 1.79 bits per heavy atom. The second-order valence-electron chi connectivity index (χ2n) is 6.50. The van der Waals surface area contributed by atoms with Gasteiger partial charge in [-0.3, -0.25) is 0 Å². The molecule has 134 valence electrons. The van der Waals surface area contributed by atoms with Crippen LogP contribution in [0.1, 0.15) is 50.5 Å². The van der Waals surface area contributed by atoms with E-state index in [1.165, 1.54) is 32.1 Å². The summed E-state index contributed by atoms with van der Waals surface area (Å²) in [6.07, 6.45) is 8.48. The van der Waals surface area contributed by atoms with E-state index in [0.717, 1.165) is 18.4 Å². The highest BCUT2D eigenvalue weighted by molar-refractivity contribution is 5.74. The maximum atomic E-state index is 12.5. The molecule has 0 radical (unpaired) electrons. The SMILES string of the molecule is COc1cccc(CN(C)C(=O)NC2CCCCCCC2)c1OC. The fraction of sp³-hybridized carbons (Fsp3) is 0.632. The monoisotopic (exact) mass is 334 g/mol. The lowest BCUT2D eigenvalue weighted by atomic mass is 9.97. The van der Waals surface area contributed by atoms with Crippen LogP contribution >= 0.6 is 0 Å². The van der Waals surface area contributed by atoms with Crippen molar-refractivity contribution in [3.05, 3.63) is 23.8 Å². The van der Waals surface area contributed by atoms with Crippen LogP contribution < -0.4 is 14.8 Å². The Morgan fingerprint density at radius 3 is 2.42 bits per heavy atom. The van der Waals surface area contributed by atoms with E-state index in [0.29, 0.717) is 24.1 Å². The number of rotatable bonds is 5. The number of urea groups is 1. The van der Waals surface area contributed by atoms with Crippen molar-refractivity contribution in [2.75, 3.05) is 21.3 Å². The number of carbonyl (C=O) groups is 1. The molecule has 1 N–H and O–H groups in total. The van der Waals surface area contributed by atoms with Gasteiger partial charge in [-0.1, -0.05) is 44.2 Å². The van der Waals surface area contributed by atoms with Gasteiger partial charge in [-0.15, -0.1) is 0 Å². The molecule has 1 aromatic carbocycles. The van der Waals surface area contributed by atoms with Gasteiger partial charge in [0.25, 0.3) is 0 Å². The van der Waals surface area contributed by atoms with E-state index in [-0.39, 0.29) is 6.03 Å². The number of benzene rings is 1. The Kier molecular flexibility index (Phi) is 7.22. The molecular weight excluding hydrogens is 304 g/mol. The van der Waals surface area contributed by atoms with E-state index in [4.69, 9.17) is 9.47 Å². The van der Waals surface area contributed by atoms with Crippen molar-refractivity contribution in [2.45, 2.75) is 57.5 Å². The van der Waals surface area contributed by atoms with E-state index >= 15 is 0 Å². The number of para-hydroxylation sites is 1. The molecule has 2 rings (SSSR count). The van der Waals surface area contributed by atoms with E-state index in [2.05, 4.69) is 5.32 Å². The molecule has 2 amide bonds. The van der Waals surface area contributed by atoms with Crippen LogP contribution in [0.2, 0.25) is 0 Å². The molecule has 0 spiro atoms. The average Bonchev–Trinajstić information content (AvgIpc) is 2.56. The summed E-state index contributed by atoms with van der Waals surface area (Å²) in [5, 5.41) is 3.19. The van der Waals surface area contributed by atoms with Crippen molar-refractivity contribution in [3.8, 4) is 11.5 Å². The van der Waals surface area contributed by atoms with Gasteiger partial charge < -0.3 is 19.7 Å². The van der Waals surface area contributed by atoms with Crippen LogP contribution in [0, 0.1) is 0 Å². The van der Waals surface area contributed by atoms with Gasteiger partial charge in [0.2, 0.25) is 0 Å². The van der Waals surface area contributed by atoms with Crippen LogP contribution in [0.15, 0.2) is 18.2 Å². The van der Waals surface area contributed by atoms with Crippen LogP contribution in [0.25, 0.3) is 0 Å². The number of nitrogens with zero attached hydrogens (tertiary/aromatic N) is 1. The van der Waals surface area contributed by atoms with E-state index in [1.807, 2.05) is 25.2 Å². The Hall–Kier alpha value is -1.91. The van der Waals surface area contributed by atoms with Gasteiger partial charge >= 0.3 is 6.03 Å². The third-order valence-electron chi connectivity index (χ3n) is 4.67. The third-order valence-corrected chi connectivity index (χ3v) is 4.67. The standard InChI is InChI=1S/C19H30N2O3/c1-21(14-15-10-9-13-17(23-2)18(15)24-3)19(22)20-16-11-7-5-4-6-8-12-16/h9-10,13,16H,4-8,11-12,14H2,1-3H3,(H,20,22). The first-order chi connectivity index (χ1) is 11.7. The summed E-state index contributed by atoms with van der Waals surface area (Å²) in [6.45, 7) is 0.485. The Bertz CT molecular complexity index is 525. The summed E-state index contributed by atoms with van der Waals surface area (Å²) in [5.74, 6) is 1.37. The lowest BCUT2D eigenvalue weighted by Gasteiger charge is -2.25. The maximum absolute atomic E-state index is 12.5. The molecule has 1 aromatic rings. The molecule has 0 aliphatic heterocycles. The smallest absolute Gasteiger partial charge is 0.317 e. The second-order valence-corrected chi connectivity index (χ2v) is 6.50. The van der Waals surface area contributed by atoms with Crippen molar-refractivity contribution < 1.29 is 14.3 Å². The molecule has 0 aromatic heterocycles. The fourth-order valence-corrected chi connectivity index (χ4v) is 3.29. The summed E-state index contributed by atoms with van der Waals surface area (Å²) < 4.78 is 10.8. The Labute approximate surface area is 145 Å². The number of hydrogen-bond donors (Lipinski definition) is 1. The molecule has 5 nitrogen and oxygen atoms in total. The van der Waals surface area contributed by atoms with Crippen molar-refractivity contribution >= 4 is 6.03 Å². The van der Waals surface area contributed by atoms with E-state index in [1.54, 1.807) is 19.1 Å². The number of amides is 2. The van der Waals surface area contributed by atoms with Crippen LogP contribution in [0.5, 0.6) is 11.5 Å². The van der Waals surface area contributed by atoms with Crippen molar-refractivity contribution in [3.63, 3.8) is 0 Å². The first-order valence-corrected chi connectivity index (χ1v) is 8.87. The predicted octanol–water partition coefficient (Wildman–Crippen LogP) is 3.96. The molecule has 1 aliphatic carbocycles. The van der Waals surface area contributed by atoms with Gasteiger partial charge in [-0.2, -0.15) is 0 Å². The first-order valence-electron chi connectivity index (χ1n) is 8.87. The number of ether oxygens (including phenoxy) is 2. The number of carbonyl (C=O) groups excluding carboxylic acids is 1. The minimum atomic E-state index is -0.0227. The second kappa shape index (κ2) is 9.40. The third kappa shape index (κ3) is 5.05. The number of hydrogen-bond acceptors (Lipinski definition) is 3. The largest absolute Gasteiger partial charge is 0.493 e. The molecule has 0 bridgehead atoms. The minimum absolute atomic E-state index is 0.0227. The molecule has 1 saturated carbocycles. The molecular formula is C19H30N2O3. The normalized spacial score (nSPS) is 16.0.